The molecule has 1 spiro atoms. The first-order valence-electron chi connectivity index (χ1n) is 19.8. The van der Waals surface area contributed by atoms with Crippen molar-refractivity contribution in [3.05, 3.63) is 222 Å². The Bertz CT molecular complexity index is 3430. The lowest BCUT2D eigenvalue weighted by molar-refractivity contribution is 0.793. The summed E-state index contributed by atoms with van der Waals surface area (Å²) in [6.07, 6.45) is 0. The van der Waals surface area contributed by atoms with Crippen LogP contribution in [0, 0.1) is 0 Å². The zero-order valence-electron chi connectivity index (χ0n) is 30.9. The van der Waals surface area contributed by atoms with Gasteiger partial charge in [0.15, 0.2) is 0 Å². The van der Waals surface area contributed by atoms with Crippen molar-refractivity contribution in [3.63, 3.8) is 0 Å². The quantitative estimate of drug-likeness (QED) is 0.163. The Morgan fingerprint density at radius 1 is 0.316 bits per heavy atom. The number of benzene rings is 10. The summed E-state index contributed by atoms with van der Waals surface area (Å²) in [6.45, 7) is 0. The normalized spacial score (nSPS) is 13.4. The van der Waals surface area contributed by atoms with Gasteiger partial charge in [0, 0.05) is 37.2 Å². The fourth-order valence-corrected chi connectivity index (χ4v) is 11.7. The maximum absolute atomic E-state index is 2.50. The van der Waals surface area contributed by atoms with Crippen molar-refractivity contribution in [2.45, 2.75) is 5.41 Å². The molecule has 0 saturated heterocycles. The number of hydrogen-bond acceptors (Lipinski definition) is 2. The molecule has 2 heteroatoms. The summed E-state index contributed by atoms with van der Waals surface area (Å²) in [5.74, 6) is 0. The van der Waals surface area contributed by atoms with Crippen LogP contribution in [0.2, 0.25) is 0 Å². The smallest absolute Gasteiger partial charge is 0.0726 e. The molecule has 0 fully saturated rings. The van der Waals surface area contributed by atoms with Crippen LogP contribution >= 0.6 is 11.3 Å². The number of hydrogen-bond donors (Lipinski definition) is 0. The van der Waals surface area contributed by atoms with Crippen LogP contribution in [0.4, 0.5) is 17.1 Å². The van der Waals surface area contributed by atoms with Crippen LogP contribution in [0.5, 0.6) is 0 Å². The summed E-state index contributed by atoms with van der Waals surface area (Å²) < 4.78 is 2.64. The van der Waals surface area contributed by atoms with Crippen LogP contribution in [0.25, 0.3) is 74.7 Å². The number of rotatable bonds is 3. The van der Waals surface area contributed by atoms with Crippen LogP contribution in [0.1, 0.15) is 22.3 Å². The van der Waals surface area contributed by atoms with Crippen molar-refractivity contribution in [2.75, 3.05) is 4.90 Å². The van der Waals surface area contributed by atoms with Gasteiger partial charge in [-0.3, -0.25) is 0 Å². The fraction of sp³-hybridized carbons (Fsp3) is 0.0182. The van der Waals surface area contributed by atoms with Gasteiger partial charge in [0.25, 0.3) is 0 Å². The Kier molecular flexibility index (Phi) is 6.31. The molecule has 11 aromatic rings. The lowest BCUT2D eigenvalue weighted by Gasteiger charge is -2.32. The first kappa shape index (κ1) is 31.2. The minimum atomic E-state index is -0.417. The molecule has 0 bridgehead atoms. The zero-order chi connectivity index (χ0) is 37.2. The van der Waals surface area contributed by atoms with E-state index in [1.54, 1.807) is 0 Å². The summed E-state index contributed by atoms with van der Waals surface area (Å²) >= 11 is 1.90. The third kappa shape index (κ3) is 4.18. The summed E-state index contributed by atoms with van der Waals surface area (Å²) in [5.41, 5.74) is 13.7. The van der Waals surface area contributed by atoms with E-state index in [1.807, 2.05) is 11.3 Å². The second-order valence-corrected chi connectivity index (χ2v) is 16.6. The molecule has 0 saturated carbocycles. The molecule has 0 N–H and O–H groups in total. The summed E-state index contributed by atoms with van der Waals surface area (Å²) in [5, 5.41) is 10.3. The summed E-state index contributed by atoms with van der Waals surface area (Å²) in [7, 11) is 0. The predicted molar refractivity (Wildman–Crippen MR) is 243 cm³/mol. The fourth-order valence-electron chi connectivity index (χ4n) is 10.4. The van der Waals surface area contributed by atoms with E-state index in [2.05, 4.69) is 205 Å². The average Bonchev–Trinajstić information content (AvgIpc) is 3.90. The molecule has 1 aromatic heterocycles. The van der Waals surface area contributed by atoms with Crippen molar-refractivity contribution in [2.24, 2.45) is 0 Å². The molecule has 264 valence electrons. The number of anilines is 3. The highest BCUT2D eigenvalue weighted by molar-refractivity contribution is 7.26. The zero-order valence-corrected chi connectivity index (χ0v) is 31.7. The van der Waals surface area contributed by atoms with Gasteiger partial charge in [0.05, 0.1) is 5.41 Å². The van der Waals surface area contributed by atoms with E-state index < -0.39 is 5.41 Å². The molecule has 0 amide bonds. The lowest BCUT2D eigenvalue weighted by Crippen LogP contribution is -2.26. The Balaban J connectivity index is 1.08. The van der Waals surface area contributed by atoms with E-state index in [-0.39, 0.29) is 0 Å². The van der Waals surface area contributed by atoms with E-state index in [0.29, 0.717) is 0 Å². The Morgan fingerprint density at radius 2 is 0.789 bits per heavy atom. The minimum Gasteiger partial charge on any atom is -0.310 e. The SMILES string of the molecule is c1ccc2c(c1)-c1ccccc1C21c2ccccc2-c2ccc(N(c3ccc4c(ccc5ccccc54)c3)c3ccc4c(c3)sc3c5ccccc5ccc43)cc21. The van der Waals surface area contributed by atoms with Crippen molar-refractivity contribution in [1.29, 1.82) is 0 Å². The van der Waals surface area contributed by atoms with Crippen molar-refractivity contribution >= 4 is 80.9 Å². The van der Waals surface area contributed by atoms with Gasteiger partial charge in [-0.2, -0.15) is 0 Å². The molecule has 1 heterocycles. The molecule has 57 heavy (non-hydrogen) atoms. The van der Waals surface area contributed by atoms with E-state index in [9.17, 15) is 0 Å². The van der Waals surface area contributed by atoms with Gasteiger partial charge < -0.3 is 4.90 Å². The molecule has 2 aliphatic rings. The van der Waals surface area contributed by atoms with E-state index in [4.69, 9.17) is 0 Å². The van der Waals surface area contributed by atoms with E-state index >= 15 is 0 Å². The number of fused-ring (bicyclic) bond motifs is 18. The van der Waals surface area contributed by atoms with Crippen molar-refractivity contribution < 1.29 is 0 Å². The highest BCUT2D eigenvalue weighted by atomic mass is 32.1. The van der Waals surface area contributed by atoms with Gasteiger partial charge in [0.2, 0.25) is 0 Å². The molecule has 0 atom stereocenters. The number of nitrogens with zero attached hydrogens (tertiary/aromatic N) is 1. The van der Waals surface area contributed by atoms with Crippen molar-refractivity contribution in [3.8, 4) is 22.3 Å². The maximum Gasteiger partial charge on any atom is 0.0726 e. The Morgan fingerprint density at radius 3 is 1.51 bits per heavy atom. The maximum atomic E-state index is 2.50. The van der Waals surface area contributed by atoms with Crippen LogP contribution in [-0.4, -0.2) is 0 Å². The third-order valence-electron chi connectivity index (χ3n) is 12.8. The molecule has 0 aliphatic heterocycles. The second-order valence-electron chi connectivity index (χ2n) is 15.6. The van der Waals surface area contributed by atoms with Crippen LogP contribution in [0.3, 0.4) is 0 Å². The second kappa shape index (κ2) is 11.5. The number of thiophene rings is 1. The molecule has 13 rings (SSSR count). The molecular weight excluding hydrogens is 707 g/mol. The van der Waals surface area contributed by atoms with Gasteiger partial charge in [0.1, 0.15) is 0 Å². The topological polar surface area (TPSA) is 3.24 Å². The molecule has 10 aromatic carbocycles. The first-order valence-corrected chi connectivity index (χ1v) is 20.6. The lowest BCUT2D eigenvalue weighted by atomic mass is 9.70. The van der Waals surface area contributed by atoms with Gasteiger partial charge in [-0.1, -0.05) is 164 Å². The highest BCUT2D eigenvalue weighted by Crippen LogP contribution is 2.63. The van der Waals surface area contributed by atoms with Crippen molar-refractivity contribution in [1.82, 2.24) is 0 Å². The van der Waals surface area contributed by atoms with Crippen LogP contribution in [-0.2, 0) is 5.41 Å². The molecule has 2 aliphatic carbocycles. The molecule has 1 nitrogen and oxygen atoms in total. The van der Waals surface area contributed by atoms with Gasteiger partial charge >= 0.3 is 0 Å². The first-order chi connectivity index (χ1) is 28.3. The Hall–Kier alpha value is -7.00. The Labute approximate surface area is 334 Å². The molecule has 0 radical (unpaired) electrons. The van der Waals surface area contributed by atoms with E-state index in [1.165, 1.54) is 97.0 Å². The highest BCUT2D eigenvalue weighted by Gasteiger charge is 2.51. The van der Waals surface area contributed by atoms with Crippen LogP contribution < -0.4 is 4.90 Å². The van der Waals surface area contributed by atoms with Gasteiger partial charge in [-0.05, 0) is 113 Å². The van der Waals surface area contributed by atoms with E-state index in [0.717, 1.165) is 17.1 Å². The standard InChI is InChI=1S/C55H33NS/c1-3-13-40-34(11-1)21-22-36-31-37(24-28-41(36)40)56(39-26-30-47-48-27-23-35-12-2-4-14-42(35)54(48)57-53(47)33-39)38-25-29-46-45-17-7-10-20-51(45)55(52(46)32-38)49-18-8-5-15-43(49)44-16-6-9-19-50(44)55/h1-33H. The monoisotopic (exact) mass is 739 g/mol. The van der Waals surface area contributed by atoms with Gasteiger partial charge in [-0.25, -0.2) is 0 Å². The summed E-state index contributed by atoms with van der Waals surface area (Å²) in [6, 6.07) is 75.1. The van der Waals surface area contributed by atoms with Crippen LogP contribution in [0.15, 0.2) is 200 Å². The predicted octanol–water partition coefficient (Wildman–Crippen LogP) is 15.3. The summed E-state index contributed by atoms with van der Waals surface area (Å²) in [4.78, 5) is 2.49. The minimum absolute atomic E-state index is 0.417. The van der Waals surface area contributed by atoms with Gasteiger partial charge in [-0.15, -0.1) is 11.3 Å². The average molecular weight is 740 g/mol. The molecule has 0 unspecified atom stereocenters. The largest absolute Gasteiger partial charge is 0.310 e. The third-order valence-corrected chi connectivity index (χ3v) is 14.0. The molecular formula is C55H33NS.